The minimum atomic E-state index is -0.0737. The number of hydrogen-bond donors (Lipinski definition) is 3. The summed E-state index contributed by atoms with van der Waals surface area (Å²) >= 11 is 0. The maximum absolute atomic E-state index is 11.3. The van der Waals surface area contributed by atoms with Gasteiger partial charge >= 0.3 is 0 Å². The first-order chi connectivity index (χ1) is 14.5. The van der Waals surface area contributed by atoms with Crippen molar-refractivity contribution in [2.24, 2.45) is 10.9 Å². The molecule has 6 nitrogen and oxygen atoms in total. The molecule has 6 heteroatoms. The molecule has 2 unspecified atom stereocenters. The molecule has 1 fully saturated rings. The Morgan fingerprint density at radius 2 is 1.97 bits per heavy atom. The van der Waals surface area contributed by atoms with Crippen LogP contribution in [0.5, 0.6) is 0 Å². The van der Waals surface area contributed by atoms with Crippen LogP contribution >= 0.6 is 0 Å². The van der Waals surface area contributed by atoms with Crippen LogP contribution in [0.4, 0.5) is 5.69 Å². The molecule has 30 heavy (non-hydrogen) atoms. The topological polar surface area (TPSA) is 74.8 Å². The third-order valence-corrected chi connectivity index (χ3v) is 5.31. The fraction of sp³-hybridized carbons (Fsp3) is 0.417. The molecule has 1 aliphatic rings. The predicted molar refractivity (Wildman–Crippen MR) is 122 cm³/mol. The summed E-state index contributed by atoms with van der Waals surface area (Å²) in [6, 6.07) is 16.4. The van der Waals surface area contributed by atoms with E-state index in [2.05, 4.69) is 52.1 Å². The number of hydrogen-bond acceptors (Lipinski definition) is 3. The number of aryl methyl sites for hydroxylation is 1. The van der Waals surface area contributed by atoms with Gasteiger partial charge in [-0.25, -0.2) is 0 Å². The molecule has 1 aliphatic heterocycles. The van der Waals surface area contributed by atoms with Gasteiger partial charge in [0, 0.05) is 45.3 Å². The zero-order valence-corrected chi connectivity index (χ0v) is 18.1. The van der Waals surface area contributed by atoms with Gasteiger partial charge in [-0.2, -0.15) is 0 Å². The summed E-state index contributed by atoms with van der Waals surface area (Å²) in [7, 11) is 1.78. The SMILES string of the molecule is CN=C(NCc1cccc(NC(C)=O)c1)NCC1CCCOC1c1ccc(C)cc1. The molecule has 1 saturated heterocycles. The number of benzene rings is 2. The number of nitrogens with zero attached hydrogens (tertiary/aromatic N) is 1. The summed E-state index contributed by atoms with van der Waals surface area (Å²) in [5.74, 6) is 1.08. The lowest BCUT2D eigenvalue weighted by Gasteiger charge is -2.32. The van der Waals surface area contributed by atoms with Gasteiger partial charge in [-0.1, -0.05) is 42.0 Å². The van der Waals surface area contributed by atoms with Gasteiger partial charge in [0.25, 0.3) is 0 Å². The van der Waals surface area contributed by atoms with Crippen molar-refractivity contribution in [3.63, 3.8) is 0 Å². The molecule has 2 atom stereocenters. The molecule has 160 valence electrons. The Bertz CT molecular complexity index is 864. The van der Waals surface area contributed by atoms with Gasteiger partial charge < -0.3 is 20.7 Å². The molecular formula is C24H32N4O2. The second-order valence-corrected chi connectivity index (χ2v) is 7.79. The van der Waals surface area contributed by atoms with Crippen molar-refractivity contribution in [2.45, 2.75) is 39.3 Å². The second-order valence-electron chi connectivity index (χ2n) is 7.79. The quantitative estimate of drug-likeness (QED) is 0.502. The normalized spacial score (nSPS) is 19.2. The van der Waals surface area contributed by atoms with E-state index >= 15 is 0 Å². The Balaban J connectivity index is 1.55. The summed E-state index contributed by atoms with van der Waals surface area (Å²) in [4.78, 5) is 15.6. The van der Waals surface area contributed by atoms with Crippen LogP contribution < -0.4 is 16.0 Å². The van der Waals surface area contributed by atoms with E-state index in [9.17, 15) is 4.79 Å². The van der Waals surface area contributed by atoms with Crippen LogP contribution in [0, 0.1) is 12.8 Å². The van der Waals surface area contributed by atoms with E-state index in [1.54, 1.807) is 7.05 Å². The van der Waals surface area contributed by atoms with Crippen LogP contribution in [0.25, 0.3) is 0 Å². The second kappa shape index (κ2) is 10.8. The van der Waals surface area contributed by atoms with Gasteiger partial charge in [0.15, 0.2) is 5.96 Å². The minimum absolute atomic E-state index is 0.0737. The van der Waals surface area contributed by atoms with Crippen molar-refractivity contribution in [1.29, 1.82) is 0 Å². The summed E-state index contributed by atoms with van der Waals surface area (Å²) < 4.78 is 6.12. The van der Waals surface area contributed by atoms with Crippen LogP contribution in [0.2, 0.25) is 0 Å². The third-order valence-electron chi connectivity index (χ3n) is 5.31. The van der Waals surface area contributed by atoms with Crippen molar-refractivity contribution in [3.8, 4) is 0 Å². The Labute approximate surface area is 179 Å². The number of ether oxygens (including phenoxy) is 1. The maximum Gasteiger partial charge on any atom is 0.221 e. The van der Waals surface area contributed by atoms with Crippen LogP contribution in [0.1, 0.15) is 42.6 Å². The van der Waals surface area contributed by atoms with Crippen LogP contribution in [-0.2, 0) is 16.1 Å². The molecule has 0 bridgehead atoms. The highest BCUT2D eigenvalue weighted by molar-refractivity contribution is 5.88. The number of rotatable bonds is 6. The molecule has 0 spiro atoms. The number of carbonyl (C=O) groups is 1. The van der Waals surface area contributed by atoms with E-state index in [4.69, 9.17) is 4.74 Å². The average Bonchev–Trinajstić information content (AvgIpc) is 2.74. The zero-order chi connectivity index (χ0) is 21.3. The monoisotopic (exact) mass is 408 g/mol. The summed E-state index contributed by atoms with van der Waals surface area (Å²) in [6.45, 7) is 5.84. The van der Waals surface area contributed by atoms with Crippen molar-refractivity contribution in [1.82, 2.24) is 10.6 Å². The predicted octanol–water partition coefficient (Wildman–Crippen LogP) is 3.79. The Kier molecular flexibility index (Phi) is 7.85. The highest BCUT2D eigenvalue weighted by Crippen LogP contribution is 2.33. The first-order valence-corrected chi connectivity index (χ1v) is 10.5. The van der Waals surface area contributed by atoms with Crippen LogP contribution in [0.15, 0.2) is 53.5 Å². The minimum Gasteiger partial charge on any atom is -0.373 e. The van der Waals surface area contributed by atoms with Gasteiger partial charge in [0.2, 0.25) is 5.91 Å². The van der Waals surface area contributed by atoms with E-state index in [1.165, 1.54) is 18.1 Å². The van der Waals surface area contributed by atoms with Crippen LogP contribution in [-0.4, -0.2) is 32.1 Å². The molecule has 0 aromatic heterocycles. The van der Waals surface area contributed by atoms with Crippen molar-refractivity contribution in [3.05, 3.63) is 65.2 Å². The first-order valence-electron chi connectivity index (χ1n) is 10.5. The van der Waals surface area contributed by atoms with Gasteiger partial charge in [-0.3, -0.25) is 9.79 Å². The number of amides is 1. The number of carbonyl (C=O) groups excluding carboxylic acids is 1. The van der Waals surface area contributed by atoms with Gasteiger partial charge in [-0.05, 0) is 43.0 Å². The van der Waals surface area contributed by atoms with Crippen LogP contribution in [0.3, 0.4) is 0 Å². The van der Waals surface area contributed by atoms with E-state index in [0.717, 1.165) is 43.2 Å². The third kappa shape index (κ3) is 6.32. The lowest BCUT2D eigenvalue weighted by Crippen LogP contribution is -2.41. The fourth-order valence-corrected chi connectivity index (χ4v) is 3.77. The Hall–Kier alpha value is -2.86. The molecular weight excluding hydrogens is 376 g/mol. The maximum atomic E-state index is 11.3. The van der Waals surface area contributed by atoms with E-state index in [0.29, 0.717) is 12.5 Å². The molecule has 1 heterocycles. The van der Waals surface area contributed by atoms with E-state index in [1.807, 2.05) is 24.3 Å². The van der Waals surface area contributed by atoms with Crippen molar-refractivity contribution >= 4 is 17.6 Å². The van der Waals surface area contributed by atoms with Crippen molar-refractivity contribution < 1.29 is 9.53 Å². The lowest BCUT2D eigenvalue weighted by molar-refractivity contribution is -0.114. The number of guanidine groups is 1. The molecule has 2 aromatic carbocycles. The average molecular weight is 409 g/mol. The van der Waals surface area contributed by atoms with Gasteiger partial charge in [0.05, 0.1) is 6.10 Å². The highest BCUT2D eigenvalue weighted by atomic mass is 16.5. The molecule has 3 N–H and O–H groups in total. The lowest BCUT2D eigenvalue weighted by atomic mass is 9.89. The molecule has 0 radical (unpaired) electrons. The summed E-state index contributed by atoms with van der Waals surface area (Å²) in [5, 5.41) is 9.62. The van der Waals surface area contributed by atoms with E-state index < -0.39 is 0 Å². The number of anilines is 1. The van der Waals surface area contributed by atoms with Gasteiger partial charge in [-0.15, -0.1) is 0 Å². The van der Waals surface area contributed by atoms with Crippen molar-refractivity contribution in [2.75, 3.05) is 25.5 Å². The smallest absolute Gasteiger partial charge is 0.221 e. The molecule has 2 aromatic rings. The highest BCUT2D eigenvalue weighted by Gasteiger charge is 2.27. The van der Waals surface area contributed by atoms with E-state index in [-0.39, 0.29) is 12.0 Å². The number of nitrogens with one attached hydrogen (secondary N) is 3. The molecule has 3 rings (SSSR count). The van der Waals surface area contributed by atoms with Gasteiger partial charge in [0.1, 0.15) is 0 Å². The summed E-state index contributed by atoms with van der Waals surface area (Å²) in [6.07, 6.45) is 2.32. The fourth-order valence-electron chi connectivity index (χ4n) is 3.77. The molecule has 0 saturated carbocycles. The first kappa shape index (κ1) is 21.8. The summed E-state index contributed by atoms with van der Waals surface area (Å²) in [5.41, 5.74) is 4.37. The number of aliphatic imine (C=N–C) groups is 1. The zero-order valence-electron chi connectivity index (χ0n) is 18.1. The standard InChI is InChI=1S/C24H32N4O2/c1-17-9-11-20(12-10-17)23-21(7-5-13-30-23)16-27-24(25-3)26-15-19-6-4-8-22(14-19)28-18(2)29/h4,6,8-12,14,21,23H,5,7,13,15-16H2,1-3H3,(H,28,29)(H2,25,26,27). The molecule has 0 aliphatic carbocycles. The Morgan fingerprint density at radius 1 is 1.17 bits per heavy atom. The largest absolute Gasteiger partial charge is 0.373 e. The Morgan fingerprint density at radius 3 is 2.70 bits per heavy atom. The molecule has 1 amide bonds.